The molecule has 7 heteroatoms. The van der Waals surface area contributed by atoms with Gasteiger partial charge in [0.15, 0.2) is 0 Å². The maximum absolute atomic E-state index is 12.3. The monoisotopic (exact) mass is 397 g/mol. The maximum atomic E-state index is 12.3. The zero-order chi connectivity index (χ0) is 15.7. The number of aromatic nitrogens is 2. The molecule has 0 fully saturated rings. The standard InChI is InChI=1S/C15H10BrCl2N3O/c16-14(8-1-3-11(17)12(18)6-8)15(22)20-10-2-4-13-9(5-10)7-19-21-13/h1-7,14H,(H,19,21)(H,20,22). The van der Waals surface area contributed by atoms with Crippen molar-refractivity contribution in [3.8, 4) is 0 Å². The number of fused-ring (bicyclic) bond motifs is 1. The quantitative estimate of drug-likeness (QED) is 0.613. The number of nitrogens with zero attached hydrogens (tertiary/aromatic N) is 1. The van der Waals surface area contributed by atoms with Crippen molar-refractivity contribution in [1.82, 2.24) is 10.2 Å². The zero-order valence-corrected chi connectivity index (χ0v) is 14.2. The lowest BCUT2D eigenvalue weighted by molar-refractivity contribution is -0.115. The number of carbonyl (C=O) groups excluding carboxylic acids is 1. The van der Waals surface area contributed by atoms with Crippen molar-refractivity contribution < 1.29 is 4.79 Å². The number of benzene rings is 2. The Kier molecular flexibility index (Phi) is 4.38. The normalized spacial score (nSPS) is 12.3. The molecule has 0 bridgehead atoms. The first-order chi connectivity index (χ1) is 10.5. The second-order valence-electron chi connectivity index (χ2n) is 4.70. The third-order valence-corrected chi connectivity index (χ3v) is 4.86. The van der Waals surface area contributed by atoms with Gasteiger partial charge in [-0.1, -0.05) is 45.2 Å². The van der Waals surface area contributed by atoms with E-state index in [0.29, 0.717) is 15.7 Å². The minimum absolute atomic E-state index is 0.193. The van der Waals surface area contributed by atoms with E-state index in [2.05, 4.69) is 31.4 Å². The first-order valence-corrected chi connectivity index (χ1v) is 8.05. The van der Waals surface area contributed by atoms with Crippen molar-refractivity contribution in [2.75, 3.05) is 5.32 Å². The Morgan fingerprint density at radius 3 is 2.77 bits per heavy atom. The van der Waals surface area contributed by atoms with E-state index in [1.54, 1.807) is 24.4 Å². The van der Waals surface area contributed by atoms with Crippen LogP contribution in [0.25, 0.3) is 10.9 Å². The van der Waals surface area contributed by atoms with Crippen LogP contribution >= 0.6 is 39.1 Å². The van der Waals surface area contributed by atoms with Gasteiger partial charge in [-0.25, -0.2) is 0 Å². The molecule has 1 amide bonds. The predicted molar refractivity (Wildman–Crippen MR) is 92.9 cm³/mol. The van der Waals surface area contributed by atoms with E-state index in [0.717, 1.165) is 16.5 Å². The molecule has 3 aromatic rings. The summed E-state index contributed by atoms with van der Waals surface area (Å²) in [5.41, 5.74) is 2.34. The maximum Gasteiger partial charge on any atom is 0.242 e. The number of nitrogens with one attached hydrogen (secondary N) is 2. The van der Waals surface area contributed by atoms with Crippen LogP contribution in [0, 0.1) is 0 Å². The molecule has 0 radical (unpaired) electrons. The summed E-state index contributed by atoms with van der Waals surface area (Å²) in [5, 5.41) is 11.5. The van der Waals surface area contributed by atoms with Crippen molar-refractivity contribution in [2.24, 2.45) is 0 Å². The minimum atomic E-state index is -0.526. The molecule has 112 valence electrons. The summed E-state index contributed by atoms with van der Waals surface area (Å²) >= 11 is 15.2. The number of aromatic amines is 1. The summed E-state index contributed by atoms with van der Waals surface area (Å²) in [4.78, 5) is 11.8. The molecule has 0 saturated carbocycles. The van der Waals surface area contributed by atoms with Gasteiger partial charge in [0.05, 0.1) is 21.8 Å². The van der Waals surface area contributed by atoms with Crippen LogP contribution < -0.4 is 5.32 Å². The van der Waals surface area contributed by atoms with Gasteiger partial charge in [0.1, 0.15) is 4.83 Å². The molecule has 2 N–H and O–H groups in total. The van der Waals surface area contributed by atoms with E-state index in [9.17, 15) is 4.79 Å². The average Bonchev–Trinajstić information content (AvgIpc) is 2.97. The molecule has 1 atom stereocenters. The van der Waals surface area contributed by atoms with Crippen LogP contribution in [-0.2, 0) is 4.79 Å². The van der Waals surface area contributed by atoms with Crippen LogP contribution in [0.2, 0.25) is 10.0 Å². The van der Waals surface area contributed by atoms with Gasteiger partial charge in [0, 0.05) is 11.1 Å². The fourth-order valence-corrected chi connectivity index (χ4v) is 2.75. The second kappa shape index (κ2) is 6.28. The summed E-state index contributed by atoms with van der Waals surface area (Å²) < 4.78 is 0. The molecule has 1 aromatic heterocycles. The van der Waals surface area contributed by atoms with Gasteiger partial charge in [0.25, 0.3) is 0 Å². The molecule has 0 aliphatic carbocycles. The third kappa shape index (κ3) is 3.11. The van der Waals surface area contributed by atoms with Gasteiger partial charge >= 0.3 is 0 Å². The number of anilines is 1. The van der Waals surface area contributed by atoms with E-state index < -0.39 is 4.83 Å². The summed E-state index contributed by atoms with van der Waals surface area (Å²) in [5.74, 6) is -0.193. The Labute approximate surface area is 144 Å². The molecule has 1 unspecified atom stereocenters. The number of H-pyrrole nitrogens is 1. The first kappa shape index (κ1) is 15.3. The van der Waals surface area contributed by atoms with Gasteiger partial charge in [-0.15, -0.1) is 0 Å². The van der Waals surface area contributed by atoms with Crippen LogP contribution in [0.1, 0.15) is 10.4 Å². The van der Waals surface area contributed by atoms with Crippen LogP contribution in [0.4, 0.5) is 5.69 Å². The molecule has 2 aromatic carbocycles. The highest BCUT2D eigenvalue weighted by atomic mass is 79.9. The zero-order valence-electron chi connectivity index (χ0n) is 11.1. The van der Waals surface area contributed by atoms with Crippen molar-refractivity contribution in [3.63, 3.8) is 0 Å². The Bertz CT molecular complexity index is 850. The van der Waals surface area contributed by atoms with Crippen LogP contribution in [0.15, 0.2) is 42.6 Å². The van der Waals surface area contributed by atoms with E-state index in [1.807, 2.05) is 18.2 Å². The topological polar surface area (TPSA) is 57.8 Å². The van der Waals surface area contributed by atoms with Gasteiger partial charge in [-0.2, -0.15) is 5.10 Å². The summed E-state index contributed by atoms with van der Waals surface area (Å²) in [6.07, 6.45) is 1.70. The lowest BCUT2D eigenvalue weighted by atomic mass is 10.1. The fourth-order valence-electron chi connectivity index (χ4n) is 2.05. The Balaban J connectivity index is 1.79. The summed E-state index contributed by atoms with van der Waals surface area (Å²) in [6.45, 7) is 0. The molecule has 0 aliphatic rings. The molecular formula is C15H10BrCl2N3O. The van der Waals surface area contributed by atoms with Gasteiger partial charge in [0.2, 0.25) is 5.91 Å². The number of carbonyl (C=O) groups is 1. The number of alkyl halides is 1. The Hall–Kier alpha value is -1.56. The fraction of sp³-hybridized carbons (Fsp3) is 0.0667. The second-order valence-corrected chi connectivity index (χ2v) is 6.43. The van der Waals surface area contributed by atoms with Crippen molar-refractivity contribution in [1.29, 1.82) is 0 Å². The summed E-state index contributed by atoms with van der Waals surface area (Å²) in [7, 11) is 0. The molecule has 0 spiro atoms. The van der Waals surface area contributed by atoms with Crippen molar-refractivity contribution >= 4 is 61.6 Å². The lowest BCUT2D eigenvalue weighted by Gasteiger charge is -2.12. The Morgan fingerprint density at radius 1 is 1.18 bits per heavy atom. The molecule has 3 rings (SSSR count). The van der Waals surface area contributed by atoms with E-state index in [1.165, 1.54) is 0 Å². The largest absolute Gasteiger partial charge is 0.325 e. The van der Waals surface area contributed by atoms with Crippen LogP contribution in [0.5, 0.6) is 0 Å². The van der Waals surface area contributed by atoms with Crippen molar-refractivity contribution in [2.45, 2.75) is 4.83 Å². The van der Waals surface area contributed by atoms with Crippen molar-refractivity contribution in [3.05, 3.63) is 58.2 Å². The number of halogens is 3. The highest BCUT2D eigenvalue weighted by Gasteiger charge is 2.18. The molecule has 1 heterocycles. The summed E-state index contributed by atoms with van der Waals surface area (Å²) in [6, 6.07) is 10.6. The predicted octanol–water partition coefficient (Wildman–Crippen LogP) is 4.94. The first-order valence-electron chi connectivity index (χ1n) is 6.37. The lowest BCUT2D eigenvalue weighted by Crippen LogP contribution is -2.16. The van der Waals surface area contributed by atoms with Gasteiger partial charge in [-0.3, -0.25) is 9.89 Å². The number of amides is 1. The third-order valence-electron chi connectivity index (χ3n) is 3.17. The van der Waals surface area contributed by atoms with Crippen LogP contribution in [-0.4, -0.2) is 16.1 Å². The molecule has 0 saturated heterocycles. The SMILES string of the molecule is O=C(Nc1ccc2[nH]ncc2c1)C(Br)c1ccc(Cl)c(Cl)c1. The number of rotatable bonds is 3. The molecule has 4 nitrogen and oxygen atoms in total. The minimum Gasteiger partial charge on any atom is -0.325 e. The number of hydrogen-bond donors (Lipinski definition) is 2. The van der Waals surface area contributed by atoms with Gasteiger partial charge < -0.3 is 5.32 Å². The van der Waals surface area contributed by atoms with Gasteiger partial charge in [-0.05, 0) is 35.9 Å². The Morgan fingerprint density at radius 2 is 2.00 bits per heavy atom. The molecule has 22 heavy (non-hydrogen) atoms. The van der Waals surface area contributed by atoms with E-state index in [-0.39, 0.29) is 5.91 Å². The smallest absolute Gasteiger partial charge is 0.242 e. The van der Waals surface area contributed by atoms with Crippen LogP contribution in [0.3, 0.4) is 0 Å². The molecule has 0 aliphatic heterocycles. The highest BCUT2D eigenvalue weighted by Crippen LogP contribution is 2.30. The van der Waals surface area contributed by atoms with E-state index in [4.69, 9.17) is 23.2 Å². The average molecular weight is 399 g/mol. The van der Waals surface area contributed by atoms with E-state index >= 15 is 0 Å². The molecular weight excluding hydrogens is 389 g/mol. The number of hydrogen-bond acceptors (Lipinski definition) is 2. The highest BCUT2D eigenvalue weighted by molar-refractivity contribution is 9.09.